The van der Waals surface area contributed by atoms with Gasteiger partial charge in [-0.3, -0.25) is 0 Å². The van der Waals surface area contributed by atoms with Gasteiger partial charge >= 0.3 is 18.0 Å². The summed E-state index contributed by atoms with van der Waals surface area (Å²) < 4.78 is 5.31. The predicted molar refractivity (Wildman–Crippen MR) is 100 cm³/mol. The van der Waals surface area contributed by atoms with E-state index < -0.39 is 24.1 Å². The van der Waals surface area contributed by atoms with Crippen LogP contribution < -0.4 is 4.74 Å². The van der Waals surface area contributed by atoms with Crippen LogP contribution in [0.4, 0.5) is 4.79 Å². The third kappa shape index (κ3) is 8.33. The second kappa shape index (κ2) is 11.9. The van der Waals surface area contributed by atoms with Gasteiger partial charge in [0, 0.05) is 19.6 Å². The molecular formula is C18H28N2O8. The van der Waals surface area contributed by atoms with E-state index in [1.165, 1.54) is 4.90 Å². The van der Waals surface area contributed by atoms with E-state index in [0.717, 1.165) is 5.56 Å². The molecule has 1 unspecified atom stereocenters. The monoisotopic (exact) mass is 400 g/mol. The van der Waals surface area contributed by atoms with Gasteiger partial charge in [0.1, 0.15) is 5.75 Å². The number of hydrogen-bond donors (Lipinski definition) is 4. The summed E-state index contributed by atoms with van der Waals surface area (Å²) in [6, 6.07) is 7.93. The van der Waals surface area contributed by atoms with E-state index in [2.05, 4.69) is 11.8 Å². The molecule has 158 valence electrons. The van der Waals surface area contributed by atoms with Crippen molar-refractivity contribution in [2.75, 3.05) is 27.7 Å². The van der Waals surface area contributed by atoms with Crippen molar-refractivity contribution in [1.29, 1.82) is 0 Å². The van der Waals surface area contributed by atoms with Gasteiger partial charge in [-0.2, -0.15) is 0 Å². The average molecular weight is 400 g/mol. The van der Waals surface area contributed by atoms with Crippen LogP contribution in [0.2, 0.25) is 0 Å². The van der Waals surface area contributed by atoms with Gasteiger partial charge in [0.2, 0.25) is 0 Å². The number of aliphatic carboxylic acids is 2. The summed E-state index contributed by atoms with van der Waals surface area (Å²) in [7, 11) is 5.76. The van der Waals surface area contributed by atoms with Crippen LogP contribution in [0.3, 0.4) is 0 Å². The van der Waals surface area contributed by atoms with Crippen LogP contribution in [0.25, 0.3) is 0 Å². The number of rotatable bonds is 7. The first-order valence-electron chi connectivity index (χ1n) is 8.43. The molecule has 0 aliphatic rings. The third-order valence-electron chi connectivity index (χ3n) is 3.91. The van der Waals surface area contributed by atoms with Crippen molar-refractivity contribution in [2.45, 2.75) is 32.1 Å². The number of benzene rings is 1. The maximum atomic E-state index is 11.7. The first kappa shape index (κ1) is 25.3. The molecule has 0 aromatic heterocycles. The molecule has 1 aromatic carbocycles. The van der Waals surface area contributed by atoms with E-state index in [-0.39, 0.29) is 12.1 Å². The number of amides is 1. The number of hydrogen-bond acceptors (Lipinski definition) is 7. The molecule has 3 atom stereocenters. The van der Waals surface area contributed by atoms with E-state index in [9.17, 15) is 14.4 Å². The maximum absolute atomic E-state index is 11.7. The van der Waals surface area contributed by atoms with Crippen molar-refractivity contribution in [1.82, 2.24) is 9.80 Å². The molecule has 1 amide bonds. The fraction of sp³-hybridized carbons (Fsp3) is 0.500. The summed E-state index contributed by atoms with van der Waals surface area (Å²) in [5, 5.41) is 32.5. The highest BCUT2D eigenvalue weighted by atomic mass is 16.6. The molecule has 0 aliphatic carbocycles. The van der Waals surface area contributed by atoms with E-state index >= 15 is 0 Å². The topological polar surface area (TPSA) is 148 Å². The molecule has 0 fully saturated rings. The summed E-state index contributed by atoms with van der Waals surface area (Å²) in [5.74, 6) is -2.95. The zero-order valence-corrected chi connectivity index (χ0v) is 16.6. The van der Waals surface area contributed by atoms with Gasteiger partial charge in [0.05, 0.1) is 0 Å². The highest BCUT2D eigenvalue weighted by Crippen LogP contribution is 2.22. The van der Waals surface area contributed by atoms with Crippen LogP contribution in [0, 0.1) is 0 Å². The fourth-order valence-corrected chi connectivity index (χ4v) is 1.71. The van der Waals surface area contributed by atoms with E-state index in [0.29, 0.717) is 12.3 Å². The summed E-state index contributed by atoms with van der Waals surface area (Å²) in [6.45, 7) is 4.65. The molecule has 10 heteroatoms. The summed E-state index contributed by atoms with van der Waals surface area (Å²) >= 11 is 0. The fourth-order valence-electron chi connectivity index (χ4n) is 1.71. The molecule has 0 spiro atoms. The lowest BCUT2D eigenvalue weighted by Gasteiger charge is -2.21. The molecular weight excluding hydrogens is 372 g/mol. The molecule has 1 aromatic rings. The molecule has 4 N–H and O–H groups in total. The zero-order valence-electron chi connectivity index (χ0n) is 16.6. The molecule has 0 heterocycles. The summed E-state index contributed by atoms with van der Waals surface area (Å²) in [5.41, 5.74) is 1.13. The Balaban J connectivity index is 0.000000621. The average Bonchev–Trinajstić information content (AvgIpc) is 2.65. The SMILES string of the molecule is CCN(C)C(=O)Oc1cccc(C(C)N(C)C)c1.O=C(O)[C@H](O)[C@@H](O)C(=O)O. The number of carbonyl (C=O) groups excluding carboxylic acids is 1. The minimum Gasteiger partial charge on any atom is -0.479 e. The summed E-state index contributed by atoms with van der Waals surface area (Å²) in [6.07, 6.45) is -4.86. The number of nitrogens with zero attached hydrogens (tertiary/aromatic N) is 2. The van der Waals surface area contributed by atoms with E-state index in [1.807, 2.05) is 39.2 Å². The molecule has 0 saturated heterocycles. The van der Waals surface area contributed by atoms with Crippen molar-refractivity contribution >= 4 is 18.0 Å². The first-order valence-corrected chi connectivity index (χ1v) is 8.43. The Morgan fingerprint density at radius 2 is 1.54 bits per heavy atom. The van der Waals surface area contributed by atoms with Crippen LogP contribution in [0.1, 0.15) is 25.5 Å². The number of carboxylic acids is 2. The molecule has 0 saturated carbocycles. The van der Waals surface area contributed by atoms with Gasteiger partial charge in [-0.25, -0.2) is 14.4 Å². The second-order valence-corrected chi connectivity index (χ2v) is 6.16. The summed E-state index contributed by atoms with van der Waals surface area (Å²) in [4.78, 5) is 34.8. The minimum atomic E-state index is -2.27. The Kier molecular flexibility index (Phi) is 10.8. The van der Waals surface area contributed by atoms with Crippen LogP contribution in [0.15, 0.2) is 24.3 Å². The van der Waals surface area contributed by atoms with Gasteiger partial charge in [0.15, 0.2) is 12.2 Å². The maximum Gasteiger partial charge on any atom is 0.414 e. The third-order valence-corrected chi connectivity index (χ3v) is 3.91. The highest BCUT2D eigenvalue weighted by molar-refractivity contribution is 5.83. The standard InChI is InChI=1S/C14H22N2O2.C4H6O6/c1-6-16(5)14(17)18-13-9-7-8-12(10-13)11(2)15(3)4;5-1(3(7)8)2(6)4(9)10/h7-11H,6H2,1-5H3;1-2,5-6H,(H,7,8)(H,9,10)/t;1-,2-/m.1/s1. The van der Waals surface area contributed by atoms with Gasteiger partial charge in [0.25, 0.3) is 0 Å². The van der Waals surface area contributed by atoms with Crippen LogP contribution in [-0.2, 0) is 9.59 Å². The van der Waals surface area contributed by atoms with Crippen LogP contribution >= 0.6 is 0 Å². The van der Waals surface area contributed by atoms with E-state index in [1.54, 1.807) is 13.1 Å². The van der Waals surface area contributed by atoms with Crippen molar-refractivity contribution < 1.29 is 39.5 Å². The van der Waals surface area contributed by atoms with Gasteiger partial charge in [-0.15, -0.1) is 0 Å². The van der Waals surface area contributed by atoms with Crippen molar-refractivity contribution in [3.63, 3.8) is 0 Å². The number of carbonyl (C=O) groups is 3. The molecule has 0 radical (unpaired) electrons. The van der Waals surface area contributed by atoms with Crippen molar-refractivity contribution in [3.05, 3.63) is 29.8 Å². The Hall–Kier alpha value is -2.69. The number of aliphatic hydroxyl groups excluding tert-OH is 2. The Bertz CT molecular complexity index is 647. The normalized spacial score (nSPS) is 13.6. The zero-order chi connectivity index (χ0) is 22.0. The molecule has 10 nitrogen and oxygen atoms in total. The lowest BCUT2D eigenvalue weighted by atomic mass is 10.1. The smallest absolute Gasteiger partial charge is 0.414 e. The van der Waals surface area contributed by atoms with Gasteiger partial charge < -0.3 is 35.0 Å². The van der Waals surface area contributed by atoms with Crippen LogP contribution in [0.5, 0.6) is 5.75 Å². The quantitative estimate of drug-likeness (QED) is 0.517. The predicted octanol–water partition coefficient (Wildman–Crippen LogP) is 0.637. The van der Waals surface area contributed by atoms with E-state index in [4.69, 9.17) is 25.2 Å². The number of carboxylic acid groups (broad SMARTS) is 2. The van der Waals surface area contributed by atoms with Crippen LogP contribution in [-0.4, -0.2) is 88.2 Å². The molecule has 1 rings (SSSR count). The van der Waals surface area contributed by atoms with Crippen molar-refractivity contribution in [2.24, 2.45) is 0 Å². The Labute approximate surface area is 163 Å². The second-order valence-electron chi connectivity index (χ2n) is 6.16. The highest BCUT2D eigenvalue weighted by Gasteiger charge is 2.29. The largest absolute Gasteiger partial charge is 0.479 e. The van der Waals surface area contributed by atoms with Gasteiger partial charge in [-0.05, 0) is 45.6 Å². The lowest BCUT2D eigenvalue weighted by Crippen LogP contribution is -2.39. The van der Waals surface area contributed by atoms with Crippen molar-refractivity contribution in [3.8, 4) is 5.75 Å². The lowest BCUT2D eigenvalue weighted by molar-refractivity contribution is -0.165. The Morgan fingerprint density at radius 3 is 1.93 bits per heavy atom. The van der Waals surface area contributed by atoms with Gasteiger partial charge in [-0.1, -0.05) is 12.1 Å². The molecule has 0 bridgehead atoms. The minimum absolute atomic E-state index is 0.285. The first-order chi connectivity index (χ1) is 12.9. The number of aliphatic hydroxyl groups is 2. The number of ether oxygens (including phenoxy) is 1. The Morgan fingerprint density at radius 1 is 1.04 bits per heavy atom. The molecule has 28 heavy (non-hydrogen) atoms. The molecule has 0 aliphatic heterocycles.